The van der Waals surface area contributed by atoms with Crippen molar-refractivity contribution in [2.75, 3.05) is 5.75 Å². The smallest absolute Gasteiger partial charge is 0.219 e. The van der Waals surface area contributed by atoms with Gasteiger partial charge in [0.05, 0.1) is 12.0 Å². The third-order valence-corrected chi connectivity index (χ3v) is 3.72. The van der Waals surface area contributed by atoms with Crippen LogP contribution in [0.25, 0.3) is 0 Å². The van der Waals surface area contributed by atoms with Gasteiger partial charge in [-0.05, 0) is 17.7 Å². The third-order valence-electron chi connectivity index (χ3n) is 1.35. The first-order valence-electron chi connectivity index (χ1n) is 2.92. The molecule has 0 N–H and O–H groups in total. The first-order valence-corrected chi connectivity index (χ1v) is 5.50. The van der Waals surface area contributed by atoms with Crippen LogP contribution in [-0.4, -0.2) is 16.1 Å². The molecule has 1 aliphatic heterocycles. The van der Waals surface area contributed by atoms with Gasteiger partial charge in [0.25, 0.3) is 0 Å². The first-order chi connectivity index (χ1) is 4.74. The maximum absolute atomic E-state index is 10.7. The summed E-state index contributed by atoms with van der Waals surface area (Å²) in [5.41, 5.74) is 0. The molecule has 2 nitrogen and oxygen atoms in total. The molecule has 0 aromatic carbocycles. The molecule has 0 saturated carbocycles. The minimum Gasteiger partial charge on any atom is -0.278 e. The Labute approximate surface area is 66.8 Å². The second-order valence-corrected chi connectivity index (χ2v) is 4.76. The zero-order valence-electron chi connectivity index (χ0n) is 5.57. The lowest BCUT2D eigenvalue weighted by molar-refractivity contribution is 0.213. The molecule has 1 heterocycles. The normalized spacial score (nSPS) is 40.6. The lowest BCUT2D eigenvalue weighted by Gasteiger charge is -2.22. The molecular formula is C6H8O2S2. The van der Waals surface area contributed by atoms with E-state index in [9.17, 15) is 4.21 Å². The van der Waals surface area contributed by atoms with E-state index in [1.54, 1.807) is 0 Å². The SMILES string of the molecule is C#CC1CSS(=O)OC1C. The fraction of sp³-hybridized carbons (Fsp3) is 0.667. The van der Waals surface area contributed by atoms with Crippen LogP contribution in [0.2, 0.25) is 0 Å². The topological polar surface area (TPSA) is 26.3 Å². The lowest BCUT2D eigenvalue weighted by atomic mass is 10.1. The summed E-state index contributed by atoms with van der Waals surface area (Å²) in [4.78, 5) is 0. The molecule has 10 heavy (non-hydrogen) atoms. The summed E-state index contributed by atoms with van der Waals surface area (Å²) in [7, 11) is 0.0905. The largest absolute Gasteiger partial charge is 0.278 e. The van der Waals surface area contributed by atoms with Gasteiger partial charge >= 0.3 is 0 Å². The van der Waals surface area contributed by atoms with Crippen LogP contribution in [0, 0.1) is 18.3 Å². The summed E-state index contributed by atoms with van der Waals surface area (Å²) in [5, 5.41) is 0. The molecule has 3 atom stereocenters. The standard InChI is InChI=1S/C6H8O2S2/c1-3-6-4-9-10(7)8-5(6)2/h1,5-6H,4H2,2H3. The molecular weight excluding hydrogens is 168 g/mol. The minimum atomic E-state index is -1.17. The van der Waals surface area contributed by atoms with Gasteiger partial charge in [-0.25, -0.2) is 4.21 Å². The van der Waals surface area contributed by atoms with Crippen LogP contribution in [0.1, 0.15) is 6.92 Å². The predicted octanol–water partition coefficient (Wildman–Crippen LogP) is 0.966. The zero-order valence-corrected chi connectivity index (χ0v) is 7.21. The maximum atomic E-state index is 10.7. The molecule has 1 aliphatic rings. The van der Waals surface area contributed by atoms with Crippen LogP contribution in [0.15, 0.2) is 0 Å². The summed E-state index contributed by atoms with van der Waals surface area (Å²) in [6.07, 6.45) is 5.13. The van der Waals surface area contributed by atoms with Crippen LogP contribution < -0.4 is 0 Å². The van der Waals surface area contributed by atoms with Crippen molar-refractivity contribution in [3.63, 3.8) is 0 Å². The van der Waals surface area contributed by atoms with Crippen molar-refractivity contribution in [1.29, 1.82) is 0 Å². The van der Waals surface area contributed by atoms with E-state index in [4.69, 9.17) is 10.6 Å². The van der Waals surface area contributed by atoms with Gasteiger partial charge in [-0.15, -0.1) is 6.42 Å². The van der Waals surface area contributed by atoms with Gasteiger partial charge in [0.15, 0.2) is 0 Å². The van der Waals surface area contributed by atoms with E-state index in [2.05, 4.69) is 5.92 Å². The highest BCUT2D eigenvalue weighted by Crippen LogP contribution is 2.25. The van der Waals surface area contributed by atoms with E-state index in [1.165, 1.54) is 10.8 Å². The Morgan fingerprint density at radius 2 is 2.60 bits per heavy atom. The van der Waals surface area contributed by atoms with Crippen molar-refractivity contribution in [3.8, 4) is 12.3 Å². The summed E-state index contributed by atoms with van der Waals surface area (Å²) < 4.78 is 15.7. The second-order valence-electron chi connectivity index (χ2n) is 2.06. The highest BCUT2D eigenvalue weighted by molar-refractivity contribution is 8.67. The van der Waals surface area contributed by atoms with Crippen molar-refractivity contribution >= 4 is 20.9 Å². The van der Waals surface area contributed by atoms with Crippen molar-refractivity contribution in [2.24, 2.45) is 5.92 Å². The molecule has 0 amide bonds. The first kappa shape index (κ1) is 8.12. The molecule has 4 heteroatoms. The molecule has 0 aliphatic carbocycles. The summed E-state index contributed by atoms with van der Waals surface area (Å²) in [5.74, 6) is 3.45. The van der Waals surface area contributed by atoms with Crippen molar-refractivity contribution in [1.82, 2.24) is 0 Å². The fourth-order valence-corrected chi connectivity index (χ4v) is 3.04. The highest BCUT2D eigenvalue weighted by Gasteiger charge is 2.24. The quantitative estimate of drug-likeness (QED) is 0.406. The lowest BCUT2D eigenvalue weighted by Crippen LogP contribution is -2.26. The minimum absolute atomic E-state index is 0.0629. The second kappa shape index (κ2) is 3.42. The monoisotopic (exact) mass is 176 g/mol. The number of hydrogen-bond donors (Lipinski definition) is 0. The van der Waals surface area contributed by atoms with Crippen molar-refractivity contribution in [3.05, 3.63) is 0 Å². The Morgan fingerprint density at radius 3 is 3.10 bits per heavy atom. The van der Waals surface area contributed by atoms with E-state index >= 15 is 0 Å². The molecule has 0 aromatic heterocycles. The van der Waals surface area contributed by atoms with Crippen molar-refractivity contribution < 1.29 is 8.39 Å². The fourth-order valence-electron chi connectivity index (χ4n) is 0.667. The Kier molecular flexibility index (Phi) is 2.78. The predicted molar refractivity (Wildman–Crippen MR) is 43.5 cm³/mol. The van der Waals surface area contributed by atoms with Gasteiger partial charge in [0.2, 0.25) is 10.1 Å². The van der Waals surface area contributed by atoms with E-state index in [0.29, 0.717) is 0 Å². The van der Waals surface area contributed by atoms with E-state index in [0.717, 1.165) is 5.75 Å². The molecule has 56 valence electrons. The molecule has 0 radical (unpaired) electrons. The molecule has 1 saturated heterocycles. The van der Waals surface area contributed by atoms with Gasteiger partial charge in [-0.3, -0.25) is 4.18 Å². The van der Waals surface area contributed by atoms with Gasteiger partial charge in [0, 0.05) is 5.75 Å². The molecule has 0 bridgehead atoms. The maximum Gasteiger partial charge on any atom is 0.219 e. The van der Waals surface area contributed by atoms with Crippen LogP contribution in [0.3, 0.4) is 0 Å². The van der Waals surface area contributed by atoms with Gasteiger partial charge in [-0.1, -0.05) is 5.92 Å². The Morgan fingerprint density at radius 1 is 1.90 bits per heavy atom. The number of terminal acetylenes is 1. The van der Waals surface area contributed by atoms with Gasteiger partial charge in [-0.2, -0.15) is 0 Å². The van der Waals surface area contributed by atoms with E-state index < -0.39 is 10.1 Å². The van der Waals surface area contributed by atoms with Gasteiger partial charge in [0.1, 0.15) is 0 Å². The molecule has 1 fully saturated rings. The Bertz CT molecular complexity index is 185. The molecule has 0 spiro atoms. The Hall–Kier alpha value is 0.0200. The van der Waals surface area contributed by atoms with Crippen LogP contribution in [0.4, 0.5) is 0 Å². The summed E-state index contributed by atoms with van der Waals surface area (Å²) in [6.45, 7) is 1.85. The van der Waals surface area contributed by atoms with Crippen LogP contribution in [-0.2, 0) is 14.3 Å². The summed E-state index contributed by atoms with van der Waals surface area (Å²) >= 11 is 0. The summed E-state index contributed by atoms with van der Waals surface area (Å²) in [6, 6.07) is 0. The third kappa shape index (κ3) is 1.75. The van der Waals surface area contributed by atoms with E-state index in [-0.39, 0.29) is 12.0 Å². The van der Waals surface area contributed by atoms with Crippen molar-refractivity contribution in [2.45, 2.75) is 13.0 Å². The van der Waals surface area contributed by atoms with Crippen LogP contribution >= 0.6 is 10.8 Å². The Balaban J connectivity index is 2.53. The number of hydrogen-bond acceptors (Lipinski definition) is 3. The molecule has 3 unspecified atom stereocenters. The van der Waals surface area contributed by atoms with E-state index in [1.807, 2.05) is 6.92 Å². The number of rotatable bonds is 0. The van der Waals surface area contributed by atoms with Crippen LogP contribution in [0.5, 0.6) is 0 Å². The average Bonchev–Trinajstić information content (AvgIpc) is 1.88. The molecule has 0 aromatic rings. The average molecular weight is 176 g/mol. The molecule has 1 rings (SSSR count). The van der Waals surface area contributed by atoms with Gasteiger partial charge < -0.3 is 0 Å². The zero-order chi connectivity index (χ0) is 7.56. The highest BCUT2D eigenvalue weighted by atomic mass is 33.1.